The number of aromatic hydroxyl groups is 1. The Morgan fingerprint density at radius 1 is 0.967 bits per heavy atom. The molecule has 0 aliphatic carbocycles. The molecule has 0 atom stereocenters. The van der Waals surface area contributed by atoms with E-state index in [-0.39, 0.29) is 49.3 Å². The van der Waals surface area contributed by atoms with Crippen molar-refractivity contribution in [2.75, 3.05) is 47.0 Å². The molecule has 1 amide bonds. The third kappa shape index (κ3) is 4.77. The molecular formula is C20H24N2O7S. The van der Waals surface area contributed by atoms with Gasteiger partial charge in [-0.15, -0.1) is 0 Å². The molecule has 1 fully saturated rings. The normalized spacial score (nSPS) is 14.9. The summed E-state index contributed by atoms with van der Waals surface area (Å²) < 4.78 is 43.0. The number of amides is 1. The first kappa shape index (κ1) is 21.7. The van der Waals surface area contributed by atoms with Crippen molar-refractivity contribution in [3.8, 4) is 23.0 Å². The van der Waals surface area contributed by atoms with Gasteiger partial charge in [-0.25, -0.2) is 8.42 Å². The van der Waals surface area contributed by atoms with Crippen LogP contribution < -0.4 is 14.2 Å². The van der Waals surface area contributed by atoms with Crippen LogP contribution in [0.15, 0.2) is 47.4 Å². The van der Waals surface area contributed by atoms with Crippen LogP contribution in [0.4, 0.5) is 0 Å². The summed E-state index contributed by atoms with van der Waals surface area (Å²) in [4.78, 5) is 14.0. The van der Waals surface area contributed by atoms with Crippen molar-refractivity contribution >= 4 is 15.9 Å². The maximum Gasteiger partial charge on any atom is 0.260 e. The van der Waals surface area contributed by atoms with Gasteiger partial charge in [-0.1, -0.05) is 0 Å². The van der Waals surface area contributed by atoms with Gasteiger partial charge in [0, 0.05) is 32.2 Å². The molecule has 1 saturated heterocycles. The molecule has 1 N–H and O–H groups in total. The van der Waals surface area contributed by atoms with Gasteiger partial charge in [0.05, 0.1) is 19.1 Å². The Bertz CT molecular complexity index is 985. The van der Waals surface area contributed by atoms with Gasteiger partial charge in [0.15, 0.2) is 18.1 Å². The van der Waals surface area contributed by atoms with E-state index < -0.39 is 10.0 Å². The van der Waals surface area contributed by atoms with Crippen molar-refractivity contribution in [3.63, 3.8) is 0 Å². The van der Waals surface area contributed by atoms with Crippen LogP contribution in [0, 0.1) is 0 Å². The zero-order valence-corrected chi connectivity index (χ0v) is 17.6. The molecule has 3 rings (SSSR count). The lowest BCUT2D eigenvalue weighted by atomic mass is 10.3. The molecule has 1 aliphatic rings. The number of phenolic OH excluding ortho intramolecular Hbond substituents is 1. The zero-order chi connectivity index (χ0) is 21.7. The average Bonchev–Trinajstić information content (AvgIpc) is 2.78. The van der Waals surface area contributed by atoms with Gasteiger partial charge in [-0.3, -0.25) is 4.79 Å². The monoisotopic (exact) mass is 436 g/mol. The second-order valence-electron chi connectivity index (χ2n) is 6.58. The van der Waals surface area contributed by atoms with E-state index in [9.17, 15) is 18.3 Å². The SMILES string of the molecule is COc1ccc(S(=O)(=O)N2CCN(C(=O)COc3ccc(O)cc3)CC2)cc1OC. The van der Waals surface area contributed by atoms with Gasteiger partial charge >= 0.3 is 0 Å². The maximum atomic E-state index is 13.0. The van der Waals surface area contributed by atoms with Crippen molar-refractivity contribution in [1.82, 2.24) is 9.21 Å². The predicted molar refractivity (Wildman–Crippen MR) is 108 cm³/mol. The van der Waals surface area contributed by atoms with Crippen LogP contribution in [0.5, 0.6) is 23.0 Å². The molecule has 1 heterocycles. The summed E-state index contributed by atoms with van der Waals surface area (Å²) in [6.07, 6.45) is 0. The number of sulfonamides is 1. The summed E-state index contributed by atoms with van der Waals surface area (Å²) >= 11 is 0. The third-order valence-electron chi connectivity index (χ3n) is 4.78. The first-order valence-corrected chi connectivity index (χ1v) is 10.7. The summed E-state index contributed by atoms with van der Waals surface area (Å²) in [6.45, 7) is 0.741. The average molecular weight is 436 g/mol. The molecule has 0 bridgehead atoms. The van der Waals surface area contributed by atoms with Crippen LogP contribution in [-0.4, -0.2) is 75.6 Å². The van der Waals surface area contributed by atoms with Crippen LogP contribution in [0.25, 0.3) is 0 Å². The van der Waals surface area contributed by atoms with Gasteiger partial charge in [0.2, 0.25) is 10.0 Å². The van der Waals surface area contributed by atoms with Crippen LogP contribution in [-0.2, 0) is 14.8 Å². The van der Waals surface area contributed by atoms with E-state index in [0.717, 1.165) is 0 Å². The molecule has 162 valence electrons. The molecule has 2 aromatic carbocycles. The molecule has 1 aliphatic heterocycles. The lowest BCUT2D eigenvalue weighted by molar-refractivity contribution is -0.134. The number of methoxy groups -OCH3 is 2. The topological polar surface area (TPSA) is 106 Å². The van der Waals surface area contributed by atoms with Crippen LogP contribution in [0.3, 0.4) is 0 Å². The van der Waals surface area contributed by atoms with E-state index in [1.807, 2.05) is 0 Å². The van der Waals surface area contributed by atoms with E-state index in [1.165, 1.54) is 42.8 Å². The van der Waals surface area contributed by atoms with Crippen LogP contribution >= 0.6 is 0 Å². The Balaban J connectivity index is 1.58. The van der Waals surface area contributed by atoms with Gasteiger partial charge in [-0.05, 0) is 36.4 Å². The molecule has 2 aromatic rings. The number of nitrogens with zero attached hydrogens (tertiary/aromatic N) is 2. The molecule has 0 saturated carbocycles. The Labute approximate surface area is 175 Å². The number of hydrogen-bond donors (Lipinski definition) is 1. The molecule has 0 spiro atoms. The fourth-order valence-corrected chi connectivity index (χ4v) is 4.52. The van der Waals surface area contributed by atoms with E-state index in [2.05, 4.69) is 0 Å². The first-order chi connectivity index (χ1) is 14.3. The standard InChI is InChI=1S/C20H24N2O7S/c1-27-18-8-7-17(13-19(18)28-2)30(25,26)22-11-9-21(10-12-22)20(24)14-29-16-5-3-15(23)4-6-16/h3-8,13,23H,9-12,14H2,1-2H3. The van der Waals surface area contributed by atoms with Crippen molar-refractivity contribution in [1.29, 1.82) is 0 Å². The highest BCUT2D eigenvalue weighted by Crippen LogP contribution is 2.30. The Kier molecular flexibility index (Phi) is 6.68. The highest BCUT2D eigenvalue weighted by Gasteiger charge is 2.30. The molecule has 0 unspecified atom stereocenters. The largest absolute Gasteiger partial charge is 0.508 e. The highest BCUT2D eigenvalue weighted by molar-refractivity contribution is 7.89. The molecule has 30 heavy (non-hydrogen) atoms. The maximum absolute atomic E-state index is 13.0. The Hall–Kier alpha value is -2.98. The van der Waals surface area contributed by atoms with Gasteiger partial charge in [-0.2, -0.15) is 4.31 Å². The van der Waals surface area contributed by atoms with Crippen molar-refractivity contribution < 1.29 is 32.5 Å². The van der Waals surface area contributed by atoms with E-state index in [1.54, 1.807) is 23.1 Å². The van der Waals surface area contributed by atoms with Gasteiger partial charge < -0.3 is 24.2 Å². The van der Waals surface area contributed by atoms with Gasteiger partial charge in [0.1, 0.15) is 11.5 Å². The first-order valence-electron chi connectivity index (χ1n) is 9.27. The number of ether oxygens (including phenoxy) is 3. The number of piperazine rings is 1. The molecule has 0 aromatic heterocycles. The number of rotatable bonds is 7. The van der Waals surface area contributed by atoms with Gasteiger partial charge in [0.25, 0.3) is 5.91 Å². The highest BCUT2D eigenvalue weighted by atomic mass is 32.2. The number of carbonyl (C=O) groups is 1. The zero-order valence-electron chi connectivity index (χ0n) is 16.8. The molecule has 9 nitrogen and oxygen atoms in total. The summed E-state index contributed by atoms with van der Waals surface area (Å²) in [6, 6.07) is 10.5. The third-order valence-corrected chi connectivity index (χ3v) is 6.68. The molecule has 0 radical (unpaired) electrons. The fourth-order valence-electron chi connectivity index (χ4n) is 3.08. The summed E-state index contributed by atoms with van der Waals surface area (Å²) in [5.74, 6) is 1.13. The summed E-state index contributed by atoms with van der Waals surface area (Å²) in [5, 5.41) is 9.27. The van der Waals surface area contributed by atoms with Crippen LogP contribution in [0.1, 0.15) is 0 Å². The molecular weight excluding hydrogens is 412 g/mol. The minimum absolute atomic E-state index is 0.107. The number of carbonyl (C=O) groups excluding carboxylic acids is 1. The van der Waals surface area contributed by atoms with Crippen LogP contribution in [0.2, 0.25) is 0 Å². The Morgan fingerprint density at radius 3 is 2.20 bits per heavy atom. The van der Waals surface area contributed by atoms with Crippen molar-refractivity contribution in [2.45, 2.75) is 4.90 Å². The minimum atomic E-state index is -3.72. The summed E-state index contributed by atoms with van der Waals surface area (Å²) in [5.41, 5.74) is 0. The second-order valence-corrected chi connectivity index (χ2v) is 8.52. The smallest absolute Gasteiger partial charge is 0.260 e. The van der Waals surface area contributed by atoms with Crippen molar-refractivity contribution in [2.24, 2.45) is 0 Å². The van der Waals surface area contributed by atoms with Crippen molar-refractivity contribution in [3.05, 3.63) is 42.5 Å². The molecule has 10 heteroatoms. The predicted octanol–water partition coefficient (Wildman–Crippen LogP) is 1.32. The number of benzene rings is 2. The van der Waals surface area contributed by atoms with E-state index in [4.69, 9.17) is 14.2 Å². The summed E-state index contributed by atoms with van der Waals surface area (Å²) in [7, 11) is -0.800. The second kappa shape index (κ2) is 9.23. The van der Waals surface area contributed by atoms with E-state index in [0.29, 0.717) is 17.2 Å². The minimum Gasteiger partial charge on any atom is -0.508 e. The number of phenols is 1. The van der Waals surface area contributed by atoms with E-state index >= 15 is 0 Å². The lowest BCUT2D eigenvalue weighted by Gasteiger charge is -2.34. The fraction of sp³-hybridized carbons (Fsp3) is 0.350. The lowest BCUT2D eigenvalue weighted by Crippen LogP contribution is -2.51. The quantitative estimate of drug-likeness (QED) is 0.698. The number of hydrogen-bond acceptors (Lipinski definition) is 7. The Morgan fingerprint density at radius 2 is 1.60 bits per heavy atom.